The summed E-state index contributed by atoms with van der Waals surface area (Å²) >= 11 is 0. The van der Waals surface area contributed by atoms with Crippen molar-refractivity contribution in [2.75, 3.05) is 5.32 Å². The smallest absolute Gasteiger partial charge is 0.154 e. The second-order valence-electron chi connectivity index (χ2n) is 7.16. The Kier molecular flexibility index (Phi) is 3.98. The number of pyridine rings is 1. The molecule has 0 radical (unpaired) electrons. The number of imidazole rings is 1. The molecule has 1 aliphatic carbocycles. The number of hydrogen-bond donors (Lipinski definition) is 2. The number of para-hydroxylation sites is 1. The molecular formula is C21H21N5O. The molecule has 4 aromatic rings. The van der Waals surface area contributed by atoms with E-state index in [1.165, 1.54) is 0 Å². The van der Waals surface area contributed by atoms with Gasteiger partial charge in [-0.15, -0.1) is 5.10 Å². The zero-order chi connectivity index (χ0) is 18.2. The molecule has 3 heterocycles. The van der Waals surface area contributed by atoms with Crippen LogP contribution in [0.25, 0.3) is 27.8 Å². The van der Waals surface area contributed by atoms with Gasteiger partial charge in [-0.25, -0.2) is 9.50 Å². The maximum atomic E-state index is 9.69. The van der Waals surface area contributed by atoms with E-state index >= 15 is 0 Å². The van der Waals surface area contributed by atoms with Crippen LogP contribution in [-0.4, -0.2) is 36.8 Å². The fourth-order valence-electron chi connectivity index (χ4n) is 3.87. The van der Waals surface area contributed by atoms with Crippen LogP contribution < -0.4 is 5.32 Å². The average Bonchev–Trinajstić information content (AvgIpc) is 3.12. The number of rotatable bonds is 3. The zero-order valence-corrected chi connectivity index (χ0v) is 14.9. The second kappa shape index (κ2) is 6.63. The lowest BCUT2D eigenvalue weighted by Crippen LogP contribution is -2.28. The van der Waals surface area contributed by atoms with Crippen molar-refractivity contribution in [1.29, 1.82) is 0 Å². The summed E-state index contributed by atoms with van der Waals surface area (Å²) in [5, 5.41) is 19.1. The number of aliphatic hydroxyl groups excluding tert-OH is 1. The van der Waals surface area contributed by atoms with E-state index in [2.05, 4.69) is 33.5 Å². The van der Waals surface area contributed by atoms with Crippen LogP contribution in [0.2, 0.25) is 0 Å². The molecule has 0 bridgehead atoms. The summed E-state index contributed by atoms with van der Waals surface area (Å²) in [4.78, 5) is 9.07. The summed E-state index contributed by atoms with van der Waals surface area (Å²) in [5.74, 6) is 0.830. The Balaban J connectivity index is 1.54. The van der Waals surface area contributed by atoms with E-state index in [0.29, 0.717) is 6.04 Å². The van der Waals surface area contributed by atoms with Crippen LogP contribution in [0.1, 0.15) is 25.7 Å². The molecule has 2 N–H and O–H groups in total. The lowest BCUT2D eigenvalue weighted by Gasteiger charge is -2.26. The van der Waals surface area contributed by atoms with Gasteiger partial charge in [0.05, 0.1) is 23.5 Å². The van der Waals surface area contributed by atoms with E-state index in [9.17, 15) is 5.11 Å². The summed E-state index contributed by atoms with van der Waals surface area (Å²) in [6, 6.07) is 14.5. The highest BCUT2D eigenvalue weighted by molar-refractivity contribution is 5.92. The number of nitrogens with one attached hydrogen (secondary N) is 1. The molecule has 0 spiro atoms. The van der Waals surface area contributed by atoms with Crippen molar-refractivity contribution in [2.45, 2.75) is 37.8 Å². The van der Waals surface area contributed by atoms with Crippen LogP contribution in [0.4, 0.5) is 5.82 Å². The van der Waals surface area contributed by atoms with Crippen molar-refractivity contribution in [3.05, 3.63) is 54.9 Å². The topological polar surface area (TPSA) is 75.3 Å². The lowest BCUT2D eigenvalue weighted by molar-refractivity contribution is 0.126. The number of anilines is 1. The number of hydrogen-bond acceptors (Lipinski definition) is 5. The van der Waals surface area contributed by atoms with Crippen molar-refractivity contribution in [2.24, 2.45) is 0 Å². The van der Waals surface area contributed by atoms with Gasteiger partial charge in [-0.05, 0) is 43.9 Å². The number of aromatic nitrogens is 4. The lowest BCUT2D eigenvalue weighted by atomic mass is 9.93. The van der Waals surface area contributed by atoms with Gasteiger partial charge < -0.3 is 10.4 Å². The maximum absolute atomic E-state index is 9.69. The molecule has 1 fully saturated rings. The Bertz CT molecular complexity index is 1090. The average molecular weight is 359 g/mol. The zero-order valence-electron chi connectivity index (χ0n) is 14.9. The number of fused-ring (bicyclic) bond motifs is 2. The Morgan fingerprint density at radius 2 is 1.81 bits per heavy atom. The maximum Gasteiger partial charge on any atom is 0.154 e. The van der Waals surface area contributed by atoms with Gasteiger partial charge in [-0.2, -0.15) is 0 Å². The van der Waals surface area contributed by atoms with E-state index in [1.54, 1.807) is 0 Å². The second-order valence-corrected chi connectivity index (χ2v) is 7.16. The van der Waals surface area contributed by atoms with E-state index in [0.717, 1.165) is 59.3 Å². The summed E-state index contributed by atoms with van der Waals surface area (Å²) in [6.07, 6.45) is 7.13. The Labute approximate surface area is 156 Å². The third kappa shape index (κ3) is 3.02. The van der Waals surface area contributed by atoms with Gasteiger partial charge >= 0.3 is 0 Å². The highest BCUT2D eigenvalue weighted by Crippen LogP contribution is 2.28. The molecule has 0 unspecified atom stereocenters. The first-order chi connectivity index (χ1) is 13.3. The molecule has 6 heteroatoms. The molecule has 0 aliphatic heterocycles. The van der Waals surface area contributed by atoms with Gasteiger partial charge in [0.15, 0.2) is 5.65 Å². The molecule has 3 aromatic heterocycles. The Morgan fingerprint density at radius 3 is 2.70 bits per heavy atom. The first kappa shape index (κ1) is 16.2. The van der Waals surface area contributed by atoms with E-state index in [-0.39, 0.29) is 6.10 Å². The standard InChI is InChI=1S/C21H21N5O/c27-16-8-6-15(7-9-16)24-19-10-11-20-23-13-18(26(20)25-19)17-5-1-3-14-4-2-12-22-21(14)17/h1-5,10-13,15-16,27H,6-9H2,(H,24,25). The van der Waals surface area contributed by atoms with E-state index < -0.39 is 0 Å². The van der Waals surface area contributed by atoms with Crippen molar-refractivity contribution in [3.8, 4) is 11.3 Å². The monoisotopic (exact) mass is 359 g/mol. The van der Waals surface area contributed by atoms with E-state index in [1.807, 2.05) is 41.2 Å². The fourth-order valence-corrected chi connectivity index (χ4v) is 3.87. The van der Waals surface area contributed by atoms with Gasteiger partial charge in [0.25, 0.3) is 0 Å². The number of benzene rings is 1. The first-order valence-electron chi connectivity index (χ1n) is 9.41. The Hall–Kier alpha value is -2.99. The van der Waals surface area contributed by atoms with E-state index in [4.69, 9.17) is 5.10 Å². The van der Waals surface area contributed by atoms with Crippen LogP contribution in [0, 0.1) is 0 Å². The minimum atomic E-state index is -0.155. The molecule has 6 nitrogen and oxygen atoms in total. The fraction of sp³-hybridized carbons (Fsp3) is 0.286. The van der Waals surface area contributed by atoms with Gasteiger partial charge in [-0.1, -0.05) is 24.3 Å². The van der Waals surface area contributed by atoms with Gasteiger partial charge in [0.1, 0.15) is 5.82 Å². The summed E-state index contributed by atoms with van der Waals surface area (Å²) < 4.78 is 1.88. The van der Waals surface area contributed by atoms with Gasteiger partial charge in [0, 0.05) is 23.2 Å². The van der Waals surface area contributed by atoms with Crippen LogP contribution >= 0.6 is 0 Å². The van der Waals surface area contributed by atoms with Crippen LogP contribution in [0.3, 0.4) is 0 Å². The van der Waals surface area contributed by atoms with Crippen molar-refractivity contribution >= 4 is 22.4 Å². The normalized spacial score (nSPS) is 20.2. The molecule has 5 rings (SSSR count). The predicted octanol–water partition coefficient (Wildman–Crippen LogP) is 3.66. The van der Waals surface area contributed by atoms with Gasteiger partial charge in [0.2, 0.25) is 0 Å². The van der Waals surface area contributed by atoms with Crippen molar-refractivity contribution < 1.29 is 5.11 Å². The molecule has 136 valence electrons. The molecule has 1 saturated carbocycles. The van der Waals surface area contributed by atoms with Crippen LogP contribution in [0.5, 0.6) is 0 Å². The van der Waals surface area contributed by atoms with Crippen LogP contribution in [-0.2, 0) is 0 Å². The molecule has 0 atom stereocenters. The molecular weight excluding hydrogens is 338 g/mol. The third-order valence-corrected chi connectivity index (χ3v) is 5.32. The quantitative estimate of drug-likeness (QED) is 0.584. The summed E-state index contributed by atoms with van der Waals surface area (Å²) in [5.41, 5.74) is 3.70. The van der Waals surface area contributed by atoms with Crippen molar-refractivity contribution in [1.82, 2.24) is 19.6 Å². The highest BCUT2D eigenvalue weighted by atomic mass is 16.3. The SMILES string of the molecule is OC1CCC(Nc2ccc3ncc(-c4cccc5cccnc45)n3n2)CC1. The number of aliphatic hydroxyl groups is 1. The summed E-state index contributed by atoms with van der Waals surface area (Å²) in [7, 11) is 0. The minimum absolute atomic E-state index is 0.155. The van der Waals surface area contributed by atoms with Crippen LogP contribution in [0.15, 0.2) is 54.9 Å². The summed E-state index contributed by atoms with van der Waals surface area (Å²) in [6.45, 7) is 0. The number of nitrogens with zero attached hydrogens (tertiary/aromatic N) is 4. The molecule has 0 saturated heterocycles. The predicted molar refractivity (Wildman–Crippen MR) is 106 cm³/mol. The molecule has 0 amide bonds. The molecule has 1 aliphatic rings. The van der Waals surface area contributed by atoms with Crippen molar-refractivity contribution in [3.63, 3.8) is 0 Å². The third-order valence-electron chi connectivity index (χ3n) is 5.32. The Morgan fingerprint density at radius 1 is 0.963 bits per heavy atom. The minimum Gasteiger partial charge on any atom is -0.393 e. The largest absolute Gasteiger partial charge is 0.393 e. The molecule has 1 aromatic carbocycles. The molecule has 27 heavy (non-hydrogen) atoms. The van der Waals surface area contributed by atoms with Gasteiger partial charge in [-0.3, -0.25) is 4.98 Å². The highest BCUT2D eigenvalue weighted by Gasteiger charge is 2.20. The first-order valence-corrected chi connectivity index (χ1v) is 9.41.